The Morgan fingerprint density at radius 2 is 0.743 bits per heavy atom. The highest BCUT2D eigenvalue weighted by Crippen LogP contribution is 2.89. The van der Waals surface area contributed by atoms with E-state index in [1.807, 2.05) is 0 Å². The van der Waals surface area contributed by atoms with Crippen molar-refractivity contribution < 1.29 is 0 Å². The molecule has 0 saturated heterocycles. The van der Waals surface area contributed by atoms with Gasteiger partial charge < -0.3 is 4.90 Å². The zero-order chi connectivity index (χ0) is 23.0. The van der Waals surface area contributed by atoms with E-state index in [0.717, 1.165) is 23.7 Å². The van der Waals surface area contributed by atoms with E-state index in [-0.39, 0.29) is 0 Å². The molecule has 4 aliphatic carbocycles. The van der Waals surface area contributed by atoms with Crippen LogP contribution in [-0.2, 0) is 10.8 Å². The molecule has 4 unspecified atom stereocenters. The van der Waals surface area contributed by atoms with Gasteiger partial charge in [0, 0.05) is 27.9 Å². The average Bonchev–Trinajstić information content (AvgIpc) is 3.23. The summed E-state index contributed by atoms with van der Waals surface area (Å²) in [5, 5.41) is 0. The van der Waals surface area contributed by atoms with Gasteiger partial charge >= 0.3 is 0 Å². The van der Waals surface area contributed by atoms with Crippen molar-refractivity contribution in [1.82, 2.24) is 0 Å². The van der Waals surface area contributed by atoms with Gasteiger partial charge in [-0.15, -0.1) is 0 Å². The van der Waals surface area contributed by atoms with Crippen molar-refractivity contribution in [3.8, 4) is 0 Å². The smallest absolute Gasteiger partial charge is 0.0461 e. The summed E-state index contributed by atoms with van der Waals surface area (Å²) in [5.41, 5.74) is 7.63. The molecule has 0 spiro atoms. The average molecular weight is 454 g/mol. The summed E-state index contributed by atoms with van der Waals surface area (Å²) in [7, 11) is 0. The van der Waals surface area contributed by atoms with Gasteiger partial charge in [-0.3, -0.25) is 0 Å². The molecule has 0 N–H and O–H groups in total. The Hall–Kier alpha value is -3.32. The summed E-state index contributed by atoms with van der Waals surface area (Å²) in [6.45, 7) is 0. The van der Waals surface area contributed by atoms with Crippen molar-refractivity contribution in [2.75, 3.05) is 4.90 Å². The highest BCUT2D eigenvalue weighted by atomic mass is 15.1. The first kappa shape index (κ1) is 19.9. The maximum absolute atomic E-state index is 2.50. The molecule has 4 aliphatic rings. The molecule has 1 heteroatoms. The lowest BCUT2D eigenvalue weighted by molar-refractivity contribution is -0.195. The van der Waals surface area contributed by atoms with Gasteiger partial charge in [-0.05, 0) is 96.9 Å². The first-order chi connectivity index (χ1) is 17.4. The zero-order valence-corrected chi connectivity index (χ0v) is 20.1. The van der Waals surface area contributed by atoms with E-state index in [2.05, 4.69) is 120 Å². The number of rotatable bonds is 5. The Kier molecular flexibility index (Phi) is 4.05. The Bertz CT molecular complexity index is 1300. The molecule has 1 nitrogen and oxygen atoms in total. The molecule has 0 heterocycles. The first-order valence-corrected chi connectivity index (χ1v) is 13.4. The lowest BCUT2D eigenvalue weighted by Crippen LogP contribution is -2.80. The van der Waals surface area contributed by atoms with Crippen LogP contribution in [0, 0.1) is 23.7 Å². The molecule has 0 aliphatic heterocycles. The quantitative estimate of drug-likeness (QED) is 0.293. The van der Waals surface area contributed by atoms with Gasteiger partial charge in [-0.2, -0.15) is 0 Å². The van der Waals surface area contributed by atoms with E-state index >= 15 is 0 Å². The summed E-state index contributed by atoms with van der Waals surface area (Å²) in [6.07, 6.45) is 5.75. The van der Waals surface area contributed by atoms with Crippen molar-refractivity contribution in [3.63, 3.8) is 0 Å². The monoisotopic (exact) mass is 453 g/mol. The Balaban J connectivity index is 1.24. The van der Waals surface area contributed by atoms with Crippen LogP contribution in [0.5, 0.6) is 0 Å². The van der Waals surface area contributed by atoms with Crippen LogP contribution >= 0.6 is 0 Å². The number of fused-ring (bicyclic) bond motifs is 2. The molecule has 4 atom stereocenters. The highest BCUT2D eigenvalue weighted by Gasteiger charge is 2.88. The zero-order valence-electron chi connectivity index (χ0n) is 20.1. The summed E-state index contributed by atoms with van der Waals surface area (Å²) >= 11 is 0. The number of hydrogen-bond donors (Lipinski definition) is 0. The fourth-order valence-corrected chi connectivity index (χ4v) is 9.82. The van der Waals surface area contributed by atoms with Crippen LogP contribution in [0.25, 0.3) is 0 Å². The molecule has 172 valence electrons. The van der Waals surface area contributed by atoms with Crippen molar-refractivity contribution in [2.24, 2.45) is 23.7 Å². The van der Waals surface area contributed by atoms with E-state index in [0.29, 0.717) is 10.8 Å². The minimum atomic E-state index is 0.364. The standard InChI is InChI=1S/C34H31N/c1-4-10-24(11-5-1)33-29-20-21-30(33)32-23-22-31(29)34(32,33)25-16-18-28(19-17-25)35(26-12-6-2-7-13-26)27-14-8-3-9-15-27/h1-19,29-32H,20-23H2. The predicted molar refractivity (Wildman–Crippen MR) is 143 cm³/mol. The van der Waals surface area contributed by atoms with Crippen LogP contribution in [0.2, 0.25) is 0 Å². The van der Waals surface area contributed by atoms with Crippen molar-refractivity contribution >= 4 is 17.1 Å². The molecule has 0 bridgehead atoms. The molecule has 4 fully saturated rings. The predicted octanol–water partition coefficient (Wildman–Crippen LogP) is 8.41. The largest absolute Gasteiger partial charge is 0.311 e. The molecule has 0 radical (unpaired) electrons. The molecule has 8 rings (SSSR count). The lowest BCUT2D eigenvalue weighted by Gasteiger charge is -2.78. The van der Waals surface area contributed by atoms with Crippen LogP contribution in [0.4, 0.5) is 17.1 Å². The Morgan fingerprint density at radius 1 is 0.400 bits per heavy atom. The molecular weight excluding hydrogens is 422 g/mol. The number of benzene rings is 4. The summed E-state index contributed by atoms with van der Waals surface area (Å²) in [5.74, 6) is 3.52. The van der Waals surface area contributed by atoms with Gasteiger partial charge in [0.05, 0.1) is 0 Å². The normalized spacial score (nSPS) is 33.5. The summed E-state index contributed by atoms with van der Waals surface area (Å²) in [6, 6.07) is 42.9. The van der Waals surface area contributed by atoms with Gasteiger partial charge in [0.15, 0.2) is 0 Å². The minimum Gasteiger partial charge on any atom is -0.311 e. The lowest BCUT2D eigenvalue weighted by atomic mass is 9.24. The molecule has 0 aromatic heterocycles. The maximum atomic E-state index is 2.50. The first-order valence-electron chi connectivity index (χ1n) is 13.4. The molecule has 35 heavy (non-hydrogen) atoms. The summed E-state index contributed by atoms with van der Waals surface area (Å²) in [4.78, 5) is 2.38. The second-order valence-electron chi connectivity index (χ2n) is 11.2. The molecule has 4 saturated carbocycles. The van der Waals surface area contributed by atoms with Crippen LogP contribution < -0.4 is 4.90 Å². The van der Waals surface area contributed by atoms with Crippen LogP contribution in [0.1, 0.15) is 36.8 Å². The van der Waals surface area contributed by atoms with Gasteiger partial charge in [0.25, 0.3) is 0 Å². The third-order valence-corrected chi connectivity index (χ3v) is 10.5. The van der Waals surface area contributed by atoms with E-state index in [1.54, 1.807) is 11.1 Å². The van der Waals surface area contributed by atoms with Gasteiger partial charge in [0.1, 0.15) is 0 Å². The fraction of sp³-hybridized carbons (Fsp3) is 0.294. The van der Waals surface area contributed by atoms with Gasteiger partial charge in [-0.25, -0.2) is 0 Å². The van der Waals surface area contributed by atoms with E-state index < -0.39 is 0 Å². The number of para-hydroxylation sites is 2. The van der Waals surface area contributed by atoms with Crippen LogP contribution in [0.3, 0.4) is 0 Å². The number of nitrogens with zero attached hydrogens (tertiary/aromatic N) is 1. The SMILES string of the molecule is c1ccc(N(c2ccccc2)c2ccc(C34C5CCC3C3CCC5C34c3ccccc3)cc2)cc1. The van der Waals surface area contributed by atoms with Crippen molar-refractivity contribution in [1.29, 1.82) is 0 Å². The van der Waals surface area contributed by atoms with E-state index in [1.165, 1.54) is 42.7 Å². The van der Waals surface area contributed by atoms with E-state index in [9.17, 15) is 0 Å². The highest BCUT2D eigenvalue weighted by molar-refractivity contribution is 5.76. The van der Waals surface area contributed by atoms with E-state index in [4.69, 9.17) is 0 Å². The van der Waals surface area contributed by atoms with Crippen molar-refractivity contribution in [2.45, 2.75) is 36.5 Å². The molecular formula is C34H31N. The number of hydrogen-bond acceptors (Lipinski definition) is 1. The third kappa shape index (κ3) is 2.26. The second kappa shape index (κ2) is 7.10. The van der Waals surface area contributed by atoms with Crippen LogP contribution in [-0.4, -0.2) is 0 Å². The topological polar surface area (TPSA) is 3.24 Å². The molecule has 4 aromatic carbocycles. The minimum absolute atomic E-state index is 0.364. The maximum Gasteiger partial charge on any atom is 0.0461 e. The number of anilines is 3. The van der Waals surface area contributed by atoms with Crippen molar-refractivity contribution in [3.05, 3.63) is 126 Å². The summed E-state index contributed by atoms with van der Waals surface area (Å²) < 4.78 is 0. The Labute approximate surface area is 208 Å². The second-order valence-corrected chi connectivity index (χ2v) is 11.2. The fourth-order valence-electron chi connectivity index (χ4n) is 9.82. The van der Waals surface area contributed by atoms with Crippen LogP contribution in [0.15, 0.2) is 115 Å². The molecule has 0 amide bonds. The third-order valence-electron chi connectivity index (χ3n) is 10.5. The Morgan fingerprint density at radius 3 is 1.17 bits per heavy atom. The van der Waals surface area contributed by atoms with Gasteiger partial charge in [-0.1, -0.05) is 78.9 Å². The molecule has 4 aromatic rings. The van der Waals surface area contributed by atoms with Gasteiger partial charge in [0.2, 0.25) is 0 Å².